The predicted octanol–water partition coefficient (Wildman–Crippen LogP) is 2.05. The zero-order chi connectivity index (χ0) is 16.6. The van der Waals surface area contributed by atoms with Crippen molar-refractivity contribution in [2.75, 3.05) is 31.1 Å². The minimum atomic E-state index is 0.532. The molecule has 0 spiro atoms. The van der Waals surface area contributed by atoms with Crippen molar-refractivity contribution in [3.8, 4) is 0 Å². The van der Waals surface area contributed by atoms with Crippen molar-refractivity contribution in [3.63, 3.8) is 0 Å². The summed E-state index contributed by atoms with van der Waals surface area (Å²) in [4.78, 5) is 11.2. The molecule has 24 heavy (non-hydrogen) atoms. The lowest BCUT2D eigenvalue weighted by Gasteiger charge is -2.18. The van der Waals surface area contributed by atoms with Crippen LogP contribution in [0.4, 0.5) is 5.69 Å². The highest BCUT2D eigenvalue weighted by Gasteiger charge is 2.22. The lowest BCUT2D eigenvalue weighted by atomic mass is 10.1. The number of aliphatic imine (C=N–C) groups is 1. The first-order valence-corrected chi connectivity index (χ1v) is 8.55. The molecule has 1 fully saturated rings. The summed E-state index contributed by atoms with van der Waals surface area (Å²) in [5.41, 5.74) is 8.33. The molecule has 5 nitrogen and oxygen atoms in total. The van der Waals surface area contributed by atoms with Crippen LogP contribution < -0.4 is 16.0 Å². The molecule has 0 radical (unpaired) electrons. The van der Waals surface area contributed by atoms with Crippen LogP contribution in [0.3, 0.4) is 0 Å². The highest BCUT2D eigenvalue weighted by molar-refractivity contribution is 5.77. The molecule has 1 aliphatic heterocycles. The van der Waals surface area contributed by atoms with Gasteiger partial charge in [-0.3, -0.25) is 9.98 Å². The van der Waals surface area contributed by atoms with Gasteiger partial charge < -0.3 is 16.0 Å². The second-order valence-electron chi connectivity index (χ2n) is 6.16. The predicted molar refractivity (Wildman–Crippen MR) is 99.2 cm³/mol. The van der Waals surface area contributed by atoms with Crippen LogP contribution in [0.1, 0.15) is 12.1 Å². The Balaban J connectivity index is 1.39. The number of para-hydroxylation sites is 1. The average Bonchev–Trinajstić information content (AvgIpc) is 3.11. The first-order chi connectivity index (χ1) is 11.8. The van der Waals surface area contributed by atoms with Gasteiger partial charge >= 0.3 is 0 Å². The van der Waals surface area contributed by atoms with E-state index >= 15 is 0 Å². The van der Waals surface area contributed by atoms with Gasteiger partial charge in [0.15, 0.2) is 5.96 Å². The van der Waals surface area contributed by atoms with Gasteiger partial charge in [0.1, 0.15) is 0 Å². The van der Waals surface area contributed by atoms with Crippen LogP contribution in [0.2, 0.25) is 0 Å². The van der Waals surface area contributed by atoms with Crippen molar-refractivity contribution in [2.45, 2.75) is 12.8 Å². The number of nitrogens with zero attached hydrogens (tertiary/aromatic N) is 3. The Labute approximate surface area is 143 Å². The summed E-state index contributed by atoms with van der Waals surface area (Å²) in [6, 6.07) is 16.5. The molecular formula is C19H25N5. The topological polar surface area (TPSA) is 66.5 Å². The van der Waals surface area contributed by atoms with Crippen LogP contribution in [0, 0.1) is 5.92 Å². The van der Waals surface area contributed by atoms with Gasteiger partial charge in [-0.25, -0.2) is 0 Å². The first-order valence-electron chi connectivity index (χ1n) is 8.55. The molecule has 0 saturated carbocycles. The van der Waals surface area contributed by atoms with E-state index in [1.54, 1.807) is 0 Å². The van der Waals surface area contributed by atoms with Gasteiger partial charge in [-0.1, -0.05) is 24.3 Å². The monoisotopic (exact) mass is 323 g/mol. The number of guanidine groups is 1. The van der Waals surface area contributed by atoms with Crippen molar-refractivity contribution in [3.05, 3.63) is 60.4 Å². The van der Waals surface area contributed by atoms with Crippen molar-refractivity contribution in [2.24, 2.45) is 16.6 Å². The molecule has 1 aromatic heterocycles. The molecule has 0 amide bonds. The third-order valence-electron chi connectivity index (χ3n) is 4.34. The Morgan fingerprint density at radius 1 is 1.21 bits per heavy atom. The number of pyridine rings is 1. The van der Waals surface area contributed by atoms with E-state index in [-0.39, 0.29) is 0 Å². The maximum Gasteiger partial charge on any atom is 0.188 e. The molecule has 1 saturated heterocycles. The van der Waals surface area contributed by atoms with E-state index in [4.69, 9.17) is 5.73 Å². The normalized spacial score (nSPS) is 17.9. The Morgan fingerprint density at radius 3 is 2.83 bits per heavy atom. The largest absolute Gasteiger partial charge is 0.371 e. The highest BCUT2D eigenvalue weighted by atomic mass is 15.2. The Morgan fingerprint density at radius 2 is 2.04 bits per heavy atom. The SMILES string of the molecule is NC(=NCC1CCN(c2ccccc2)C1)NCCc1ccccn1. The van der Waals surface area contributed by atoms with Crippen molar-refractivity contribution in [1.29, 1.82) is 0 Å². The van der Waals surface area contributed by atoms with Crippen LogP contribution in [0.15, 0.2) is 59.7 Å². The number of hydrogen-bond acceptors (Lipinski definition) is 3. The third kappa shape index (κ3) is 4.72. The van der Waals surface area contributed by atoms with Crippen LogP contribution in [0.25, 0.3) is 0 Å². The highest BCUT2D eigenvalue weighted by Crippen LogP contribution is 2.23. The fourth-order valence-corrected chi connectivity index (χ4v) is 3.00. The number of anilines is 1. The molecule has 126 valence electrons. The smallest absolute Gasteiger partial charge is 0.188 e. The van der Waals surface area contributed by atoms with Crippen molar-refractivity contribution >= 4 is 11.6 Å². The summed E-state index contributed by atoms with van der Waals surface area (Å²) >= 11 is 0. The number of nitrogens with one attached hydrogen (secondary N) is 1. The number of rotatable bonds is 6. The third-order valence-corrected chi connectivity index (χ3v) is 4.34. The number of nitrogens with two attached hydrogens (primary N) is 1. The van der Waals surface area contributed by atoms with Crippen LogP contribution in [0.5, 0.6) is 0 Å². The number of benzene rings is 1. The molecule has 3 rings (SSSR count). The van der Waals surface area contributed by atoms with Gasteiger partial charge in [-0.2, -0.15) is 0 Å². The van der Waals surface area contributed by atoms with Crippen LogP contribution >= 0.6 is 0 Å². The van der Waals surface area contributed by atoms with E-state index in [9.17, 15) is 0 Å². The minimum Gasteiger partial charge on any atom is -0.371 e. The quantitative estimate of drug-likeness (QED) is 0.631. The molecule has 2 aromatic rings. The van der Waals surface area contributed by atoms with Crippen LogP contribution in [-0.2, 0) is 6.42 Å². The number of hydrogen-bond donors (Lipinski definition) is 2. The molecule has 5 heteroatoms. The standard InChI is InChI=1S/C19H25N5/c20-19(22-12-9-17-6-4-5-11-21-17)23-14-16-10-13-24(15-16)18-7-2-1-3-8-18/h1-8,11,16H,9-10,12-15H2,(H3,20,22,23). The average molecular weight is 323 g/mol. The lowest BCUT2D eigenvalue weighted by Crippen LogP contribution is -2.34. The van der Waals surface area contributed by atoms with Gasteiger partial charge in [0, 0.05) is 50.2 Å². The van der Waals surface area contributed by atoms with E-state index in [2.05, 4.69) is 50.5 Å². The molecule has 1 aliphatic rings. The van der Waals surface area contributed by atoms with Crippen molar-refractivity contribution < 1.29 is 0 Å². The molecule has 2 heterocycles. The van der Waals surface area contributed by atoms with Gasteiger partial charge in [-0.15, -0.1) is 0 Å². The zero-order valence-corrected chi connectivity index (χ0v) is 13.9. The van der Waals surface area contributed by atoms with Gasteiger partial charge in [0.05, 0.1) is 0 Å². The summed E-state index contributed by atoms with van der Waals surface area (Å²) in [5, 5.41) is 3.17. The Hall–Kier alpha value is -2.56. The second kappa shape index (κ2) is 8.34. The van der Waals surface area contributed by atoms with E-state index in [1.165, 1.54) is 12.1 Å². The lowest BCUT2D eigenvalue weighted by molar-refractivity contribution is 0.601. The summed E-state index contributed by atoms with van der Waals surface area (Å²) in [7, 11) is 0. The summed E-state index contributed by atoms with van der Waals surface area (Å²) < 4.78 is 0. The Bertz CT molecular complexity index is 641. The first kappa shape index (κ1) is 16.3. The molecule has 3 N–H and O–H groups in total. The van der Waals surface area contributed by atoms with E-state index in [0.717, 1.165) is 38.3 Å². The zero-order valence-electron chi connectivity index (χ0n) is 13.9. The number of aromatic nitrogens is 1. The fraction of sp³-hybridized carbons (Fsp3) is 0.368. The molecule has 0 bridgehead atoms. The molecule has 1 atom stereocenters. The maximum absolute atomic E-state index is 5.97. The van der Waals surface area contributed by atoms with Gasteiger partial charge in [0.2, 0.25) is 0 Å². The fourth-order valence-electron chi connectivity index (χ4n) is 3.00. The van der Waals surface area contributed by atoms with Gasteiger partial charge in [-0.05, 0) is 36.6 Å². The second-order valence-corrected chi connectivity index (χ2v) is 6.16. The molecule has 1 unspecified atom stereocenters. The minimum absolute atomic E-state index is 0.532. The van der Waals surface area contributed by atoms with Crippen LogP contribution in [-0.4, -0.2) is 37.1 Å². The van der Waals surface area contributed by atoms with E-state index in [1.807, 2.05) is 24.4 Å². The van der Waals surface area contributed by atoms with E-state index < -0.39 is 0 Å². The summed E-state index contributed by atoms with van der Waals surface area (Å²) in [6.07, 6.45) is 3.83. The van der Waals surface area contributed by atoms with Gasteiger partial charge in [0.25, 0.3) is 0 Å². The molecule has 0 aliphatic carbocycles. The summed E-state index contributed by atoms with van der Waals surface area (Å²) in [6.45, 7) is 3.69. The van der Waals surface area contributed by atoms with Crippen molar-refractivity contribution in [1.82, 2.24) is 10.3 Å². The summed E-state index contributed by atoms with van der Waals surface area (Å²) in [5.74, 6) is 1.10. The maximum atomic E-state index is 5.97. The Kier molecular flexibility index (Phi) is 5.66. The molecule has 1 aromatic carbocycles. The molecular weight excluding hydrogens is 298 g/mol. The van der Waals surface area contributed by atoms with E-state index in [0.29, 0.717) is 11.9 Å².